The van der Waals surface area contributed by atoms with Crippen molar-refractivity contribution in [3.8, 4) is 11.5 Å². The van der Waals surface area contributed by atoms with Gasteiger partial charge in [-0.2, -0.15) is 0 Å². The molecule has 6 nitrogen and oxygen atoms in total. The molecule has 156 valence electrons. The van der Waals surface area contributed by atoms with Crippen LogP contribution in [-0.4, -0.2) is 36.6 Å². The van der Waals surface area contributed by atoms with E-state index in [1.54, 1.807) is 26.5 Å². The fourth-order valence-corrected chi connectivity index (χ4v) is 3.95. The number of piperidine rings is 1. The molecule has 3 aromatic rings. The molecule has 1 aliphatic rings. The second kappa shape index (κ2) is 9.03. The van der Waals surface area contributed by atoms with Gasteiger partial charge in [0.2, 0.25) is 5.89 Å². The van der Waals surface area contributed by atoms with Crippen LogP contribution in [0.15, 0.2) is 59.1 Å². The summed E-state index contributed by atoms with van der Waals surface area (Å²) in [7, 11) is 3.24. The molecule has 0 radical (unpaired) electrons. The van der Waals surface area contributed by atoms with Gasteiger partial charge in [-0.05, 0) is 49.1 Å². The molecule has 2 aromatic carbocycles. The highest BCUT2D eigenvalue weighted by atomic mass is 16.5. The Bertz CT molecular complexity index is 1010. The summed E-state index contributed by atoms with van der Waals surface area (Å²) in [6.45, 7) is 0.676. The molecule has 1 fully saturated rings. The molecule has 1 saturated heterocycles. The van der Waals surface area contributed by atoms with E-state index in [1.165, 1.54) is 0 Å². The Morgan fingerprint density at radius 1 is 1.13 bits per heavy atom. The molecule has 1 amide bonds. The van der Waals surface area contributed by atoms with Crippen molar-refractivity contribution in [2.45, 2.75) is 31.7 Å². The summed E-state index contributed by atoms with van der Waals surface area (Å²) in [5, 5.41) is 0. The zero-order chi connectivity index (χ0) is 20.9. The number of rotatable bonds is 6. The van der Waals surface area contributed by atoms with Gasteiger partial charge in [0.15, 0.2) is 0 Å². The fourth-order valence-electron chi connectivity index (χ4n) is 3.95. The minimum atomic E-state index is -0.171. The first-order valence-electron chi connectivity index (χ1n) is 10.2. The lowest BCUT2D eigenvalue weighted by Crippen LogP contribution is -2.38. The first-order valence-corrected chi connectivity index (χ1v) is 10.2. The predicted octanol–water partition coefficient (Wildman–Crippen LogP) is 4.65. The second-order valence-corrected chi connectivity index (χ2v) is 7.40. The summed E-state index contributed by atoms with van der Waals surface area (Å²) in [4.78, 5) is 19.7. The van der Waals surface area contributed by atoms with Crippen LogP contribution in [0.5, 0.6) is 11.5 Å². The smallest absolute Gasteiger partial charge is 0.258 e. The SMILES string of the molecule is COc1cccc(Cc2cnc([C@@H]3CCCCN3C(=O)c3ccccc3OC)o2)c1. The number of aromatic nitrogens is 1. The molecular formula is C24H26N2O4. The second-order valence-electron chi connectivity index (χ2n) is 7.40. The number of hydrogen-bond acceptors (Lipinski definition) is 5. The number of carbonyl (C=O) groups excluding carboxylic acids is 1. The molecule has 0 N–H and O–H groups in total. The Balaban J connectivity index is 1.55. The molecule has 0 unspecified atom stereocenters. The van der Waals surface area contributed by atoms with Crippen molar-refractivity contribution in [1.82, 2.24) is 9.88 Å². The molecule has 30 heavy (non-hydrogen) atoms. The highest BCUT2D eigenvalue weighted by Crippen LogP contribution is 2.33. The highest BCUT2D eigenvalue weighted by molar-refractivity contribution is 5.97. The van der Waals surface area contributed by atoms with Crippen LogP contribution in [0.4, 0.5) is 0 Å². The molecular weight excluding hydrogens is 380 g/mol. The summed E-state index contributed by atoms with van der Waals surface area (Å²) in [5.41, 5.74) is 1.65. The van der Waals surface area contributed by atoms with Crippen molar-refractivity contribution < 1.29 is 18.7 Å². The van der Waals surface area contributed by atoms with Gasteiger partial charge >= 0.3 is 0 Å². The summed E-state index contributed by atoms with van der Waals surface area (Å²) >= 11 is 0. The third-order valence-corrected chi connectivity index (χ3v) is 5.47. The van der Waals surface area contributed by atoms with Crippen LogP contribution in [0.2, 0.25) is 0 Å². The van der Waals surface area contributed by atoms with Crippen LogP contribution in [0.3, 0.4) is 0 Å². The van der Waals surface area contributed by atoms with Crippen LogP contribution in [0.25, 0.3) is 0 Å². The number of hydrogen-bond donors (Lipinski definition) is 0. The van der Waals surface area contributed by atoms with Crippen LogP contribution in [0.1, 0.15) is 52.9 Å². The number of amides is 1. The third kappa shape index (κ3) is 4.17. The molecule has 4 rings (SSSR count). The van der Waals surface area contributed by atoms with E-state index < -0.39 is 0 Å². The summed E-state index contributed by atoms with van der Waals surface area (Å²) in [6.07, 6.45) is 5.22. The van der Waals surface area contributed by atoms with E-state index >= 15 is 0 Å². The van der Waals surface area contributed by atoms with Crippen LogP contribution in [-0.2, 0) is 6.42 Å². The predicted molar refractivity (Wildman–Crippen MR) is 113 cm³/mol. The molecule has 0 aliphatic carbocycles. The highest BCUT2D eigenvalue weighted by Gasteiger charge is 2.33. The lowest BCUT2D eigenvalue weighted by atomic mass is 10.0. The topological polar surface area (TPSA) is 64.8 Å². The number of oxazole rings is 1. The number of likely N-dealkylation sites (tertiary alicyclic amines) is 1. The third-order valence-electron chi connectivity index (χ3n) is 5.47. The van der Waals surface area contributed by atoms with Gasteiger partial charge in [0.25, 0.3) is 5.91 Å². The molecule has 1 aliphatic heterocycles. The number of carbonyl (C=O) groups is 1. The standard InChI is InChI=1S/C24H26N2O4/c1-28-18-9-7-8-17(14-18)15-19-16-25-23(30-19)21-11-5-6-13-26(21)24(27)20-10-3-4-12-22(20)29-2/h3-4,7-10,12,14,16,21H,5-6,11,13,15H2,1-2H3/t21-/m0/s1. The van der Waals surface area contributed by atoms with E-state index in [-0.39, 0.29) is 11.9 Å². The molecule has 6 heteroatoms. The first-order chi connectivity index (χ1) is 14.7. The van der Waals surface area contributed by atoms with Gasteiger partial charge < -0.3 is 18.8 Å². The Hall–Kier alpha value is -3.28. The van der Waals surface area contributed by atoms with Gasteiger partial charge in [-0.15, -0.1) is 0 Å². The Kier molecular flexibility index (Phi) is 6.02. The molecule has 1 aromatic heterocycles. The average Bonchev–Trinajstić information content (AvgIpc) is 3.27. The normalized spacial score (nSPS) is 16.3. The van der Waals surface area contributed by atoms with Crippen LogP contribution < -0.4 is 9.47 Å². The van der Waals surface area contributed by atoms with Crippen molar-refractivity contribution in [3.63, 3.8) is 0 Å². The molecule has 2 heterocycles. The van der Waals surface area contributed by atoms with Crippen molar-refractivity contribution in [1.29, 1.82) is 0 Å². The van der Waals surface area contributed by atoms with Gasteiger partial charge in [-0.1, -0.05) is 24.3 Å². The van der Waals surface area contributed by atoms with Gasteiger partial charge in [-0.25, -0.2) is 4.98 Å². The molecule has 0 spiro atoms. The van der Waals surface area contributed by atoms with E-state index in [1.807, 2.05) is 47.4 Å². The van der Waals surface area contributed by atoms with Crippen molar-refractivity contribution >= 4 is 5.91 Å². The Labute approximate surface area is 176 Å². The van der Waals surface area contributed by atoms with E-state index in [4.69, 9.17) is 13.9 Å². The van der Waals surface area contributed by atoms with E-state index in [2.05, 4.69) is 4.98 Å². The first kappa shape index (κ1) is 20.0. The number of methoxy groups -OCH3 is 2. The zero-order valence-corrected chi connectivity index (χ0v) is 17.3. The zero-order valence-electron chi connectivity index (χ0n) is 17.3. The number of ether oxygens (including phenoxy) is 2. The lowest BCUT2D eigenvalue weighted by Gasteiger charge is -2.34. The maximum absolute atomic E-state index is 13.3. The van der Waals surface area contributed by atoms with Crippen LogP contribution in [0, 0.1) is 0 Å². The molecule has 1 atom stereocenters. The van der Waals surface area contributed by atoms with Crippen molar-refractivity contribution in [2.24, 2.45) is 0 Å². The monoisotopic (exact) mass is 406 g/mol. The van der Waals surface area contributed by atoms with E-state index in [0.29, 0.717) is 30.2 Å². The van der Waals surface area contributed by atoms with E-state index in [9.17, 15) is 4.79 Å². The molecule has 0 bridgehead atoms. The Morgan fingerprint density at radius 3 is 2.83 bits per heavy atom. The summed E-state index contributed by atoms with van der Waals surface area (Å²) in [6, 6.07) is 15.0. The van der Waals surface area contributed by atoms with Gasteiger partial charge in [0.1, 0.15) is 23.3 Å². The summed E-state index contributed by atoms with van der Waals surface area (Å²) < 4.78 is 16.8. The van der Waals surface area contributed by atoms with Gasteiger partial charge in [0, 0.05) is 13.0 Å². The maximum Gasteiger partial charge on any atom is 0.258 e. The van der Waals surface area contributed by atoms with Crippen LogP contribution >= 0.6 is 0 Å². The van der Waals surface area contributed by atoms with Gasteiger partial charge in [-0.3, -0.25) is 4.79 Å². The lowest BCUT2D eigenvalue weighted by molar-refractivity contribution is 0.0566. The minimum Gasteiger partial charge on any atom is -0.497 e. The fraction of sp³-hybridized carbons (Fsp3) is 0.333. The molecule has 0 saturated carbocycles. The summed E-state index contributed by atoms with van der Waals surface area (Å²) in [5.74, 6) is 2.71. The number of nitrogens with zero attached hydrogens (tertiary/aromatic N) is 2. The quantitative estimate of drug-likeness (QED) is 0.596. The van der Waals surface area contributed by atoms with E-state index in [0.717, 1.165) is 36.3 Å². The Morgan fingerprint density at radius 2 is 2.00 bits per heavy atom. The van der Waals surface area contributed by atoms with Crippen molar-refractivity contribution in [2.75, 3.05) is 20.8 Å². The van der Waals surface area contributed by atoms with Crippen molar-refractivity contribution in [3.05, 3.63) is 77.5 Å². The minimum absolute atomic E-state index is 0.0512. The largest absolute Gasteiger partial charge is 0.497 e. The maximum atomic E-state index is 13.3. The average molecular weight is 406 g/mol. The number of para-hydroxylation sites is 1. The van der Waals surface area contributed by atoms with Gasteiger partial charge in [0.05, 0.1) is 26.0 Å². The number of benzene rings is 2.